The first-order valence-electron chi connectivity index (χ1n) is 12.8. The van der Waals surface area contributed by atoms with Crippen LogP contribution in [0.15, 0.2) is 76.2 Å². The van der Waals surface area contributed by atoms with E-state index < -0.39 is 12.0 Å². The van der Waals surface area contributed by atoms with E-state index in [0.29, 0.717) is 51.0 Å². The summed E-state index contributed by atoms with van der Waals surface area (Å²) in [6.07, 6.45) is 3.40. The minimum atomic E-state index is -0.785. The van der Waals surface area contributed by atoms with Crippen LogP contribution in [0.2, 0.25) is 0 Å². The van der Waals surface area contributed by atoms with Crippen molar-refractivity contribution in [2.45, 2.75) is 33.7 Å². The summed E-state index contributed by atoms with van der Waals surface area (Å²) in [5.41, 5.74) is 2.55. The summed E-state index contributed by atoms with van der Waals surface area (Å²) in [4.78, 5) is 43.4. The van der Waals surface area contributed by atoms with Crippen molar-refractivity contribution in [1.82, 2.24) is 4.57 Å². The highest BCUT2D eigenvalue weighted by Gasteiger charge is 2.34. The summed E-state index contributed by atoms with van der Waals surface area (Å²) in [6, 6.07) is 11.7. The molecule has 0 spiro atoms. The number of hydrogen-bond acceptors (Lipinski definition) is 8. The van der Waals surface area contributed by atoms with Gasteiger partial charge in [0.15, 0.2) is 16.3 Å². The maximum Gasteiger partial charge on any atom is 0.338 e. The molecular formula is C30H31N3O6S. The Morgan fingerprint density at radius 3 is 2.50 bits per heavy atom. The van der Waals surface area contributed by atoms with E-state index in [-0.39, 0.29) is 23.6 Å². The molecule has 0 bridgehead atoms. The largest absolute Gasteiger partial charge is 0.490 e. The van der Waals surface area contributed by atoms with Gasteiger partial charge in [-0.25, -0.2) is 9.79 Å². The third-order valence-corrected chi connectivity index (χ3v) is 6.97. The van der Waals surface area contributed by atoms with Gasteiger partial charge in [0.2, 0.25) is 5.91 Å². The number of carbonyl (C=O) groups is 2. The molecule has 2 aromatic carbocycles. The molecule has 0 radical (unpaired) electrons. The van der Waals surface area contributed by atoms with Gasteiger partial charge in [0.05, 0.1) is 35.1 Å². The molecule has 40 heavy (non-hydrogen) atoms. The Bertz CT molecular complexity index is 1650. The number of hydrogen-bond donors (Lipinski definition) is 1. The first-order valence-corrected chi connectivity index (χ1v) is 13.7. The van der Waals surface area contributed by atoms with Crippen molar-refractivity contribution >= 4 is 35.0 Å². The fraction of sp³-hybridized carbons (Fsp3) is 0.267. The van der Waals surface area contributed by atoms with E-state index in [0.717, 1.165) is 5.56 Å². The van der Waals surface area contributed by atoms with Gasteiger partial charge in [-0.3, -0.25) is 14.2 Å². The highest BCUT2D eigenvalue weighted by molar-refractivity contribution is 7.07. The highest BCUT2D eigenvalue weighted by atomic mass is 32.1. The smallest absolute Gasteiger partial charge is 0.338 e. The molecule has 1 amide bonds. The molecule has 0 unspecified atom stereocenters. The average molecular weight is 562 g/mol. The van der Waals surface area contributed by atoms with Gasteiger partial charge in [0, 0.05) is 12.6 Å². The second-order valence-corrected chi connectivity index (χ2v) is 9.85. The Labute approximate surface area is 235 Å². The maximum atomic E-state index is 13.8. The fourth-order valence-corrected chi connectivity index (χ4v) is 5.40. The molecule has 10 heteroatoms. The predicted octanol–water partition coefficient (Wildman–Crippen LogP) is 3.72. The first kappa shape index (κ1) is 28.6. The molecule has 0 saturated heterocycles. The van der Waals surface area contributed by atoms with Gasteiger partial charge < -0.3 is 19.5 Å². The van der Waals surface area contributed by atoms with Gasteiger partial charge in [0.1, 0.15) is 6.61 Å². The number of anilines is 1. The lowest BCUT2D eigenvalue weighted by molar-refractivity contribution is -0.139. The summed E-state index contributed by atoms with van der Waals surface area (Å²) >= 11 is 1.23. The molecule has 2 heterocycles. The second kappa shape index (κ2) is 12.6. The molecule has 9 nitrogen and oxygen atoms in total. The molecule has 1 atom stereocenters. The van der Waals surface area contributed by atoms with Gasteiger partial charge in [-0.2, -0.15) is 0 Å². The molecule has 4 rings (SSSR count). The number of nitrogens with one attached hydrogen (secondary N) is 1. The Balaban J connectivity index is 1.88. The number of rotatable bonds is 10. The van der Waals surface area contributed by atoms with Crippen molar-refractivity contribution in [2.24, 2.45) is 4.99 Å². The zero-order chi connectivity index (χ0) is 28.8. The Morgan fingerprint density at radius 1 is 1.10 bits per heavy atom. The van der Waals surface area contributed by atoms with Crippen molar-refractivity contribution < 1.29 is 23.8 Å². The van der Waals surface area contributed by atoms with E-state index in [2.05, 4.69) is 16.9 Å². The normalized spacial score (nSPS) is 14.7. The van der Waals surface area contributed by atoms with Crippen LogP contribution in [-0.2, 0) is 14.3 Å². The lowest BCUT2D eigenvalue weighted by Crippen LogP contribution is -2.40. The zero-order valence-electron chi connectivity index (χ0n) is 22.9. The summed E-state index contributed by atoms with van der Waals surface area (Å²) in [5, 5.41) is 2.73. The van der Waals surface area contributed by atoms with Gasteiger partial charge in [-0.05, 0) is 62.2 Å². The van der Waals surface area contributed by atoms with Crippen LogP contribution in [0.25, 0.3) is 6.08 Å². The van der Waals surface area contributed by atoms with Crippen LogP contribution in [0, 0.1) is 0 Å². The SMILES string of the molecule is C=CCOc1ccc([C@@H]2C(C(=O)OCC)=C(C)N=c3sc(=Cc4ccc(NC(C)=O)cc4)c(=O)n32)cc1OCC. The zero-order valence-corrected chi connectivity index (χ0v) is 23.7. The van der Waals surface area contributed by atoms with Crippen LogP contribution >= 0.6 is 11.3 Å². The van der Waals surface area contributed by atoms with E-state index in [1.165, 1.54) is 22.8 Å². The molecule has 208 valence electrons. The number of thiazole rings is 1. The summed E-state index contributed by atoms with van der Waals surface area (Å²) < 4.78 is 18.9. The summed E-state index contributed by atoms with van der Waals surface area (Å²) in [6.45, 7) is 11.3. The summed E-state index contributed by atoms with van der Waals surface area (Å²) in [5.74, 6) is 0.309. The van der Waals surface area contributed by atoms with Gasteiger partial charge in [-0.15, -0.1) is 0 Å². The summed E-state index contributed by atoms with van der Waals surface area (Å²) in [7, 11) is 0. The number of fused-ring (bicyclic) bond motifs is 1. The van der Waals surface area contributed by atoms with Gasteiger partial charge in [0.25, 0.3) is 5.56 Å². The van der Waals surface area contributed by atoms with Crippen LogP contribution in [0.3, 0.4) is 0 Å². The molecule has 0 saturated carbocycles. The van der Waals surface area contributed by atoms with Crippen LogP contribution in [0.5, 0.6) is 11.5 Å². The van der Waals surface area contributed by atoms with Crippen LogP contribution in [0.4, 0.5) is 5.69 Å². The molecule has 1 aliphatic rings. The van der Waals surface area contributed by atoms with Crippen molar-refractivity contribution in [3.05, 3.63) is 97.2 Å². The second-order valence-electron chi connectivity index (χ2n) is 8.84. The first-order chi connectivity index (χ1) is 19.3. The topological polar surface area (TPSA) is 108 Å². The van der Waals surface area contributed by atoms with Crippen molar-refractivity contribution in [3.8, 4) is 11.5 Å². The molecule has 1 N–H and O–H groups in total. The lowest BCUT2D eigenvalue weighted by Gasteiger charge is -2.25. The quantitative estimate of drug-likeness (QED) is 0.299. The van der Waals surface area contributed by atoms with Crippen LogP contribution in [-0.4, -0.2) is 36.3 Å². The Kier molecular flexibility index (Phi) is 9.00. The molecule has 1 aromatic heterocycles. The lowest BCUT2D eigenvalue weighted by atomic mass is 9.95. The van der Waals surface area contributed by atoms with Crippen molar-refractivity contribution in [1.29, 1.82) is 0 Å². The molecular weight excluding hydrogens is 530 g/mol. The van der Waals surface area contributed by atoms with Crippen LogP contribution < -0.4 is 29.7 Å². The van der Waals surface area contributed by atoms with Crippen LogP contribution in [0.1, 0.15) is 44.9 Å². The number of allylic oxidation sites excluding steroid dienone is 1. The number of amides is 1. The molecule has 3 aromatic rings. The Morgan fingerprint density at radius 2 is 1.85 bits per heavy atom. The number of esters is 1. The Hall–Kier alpha value is -4.44. The standard InChI is InChI=1S/C30H31N3O6S/c1-6-15-39-23-14-11-21(17-24(23)37-7-2)27-26(29(36)38-8-3)18(4)31-30-33(27)28(35)25(40-30)16-20-9-12-22(13-10-20)32-19(5)34/h6,9-14,16-17,27H,1,7-8,15H2,2-5H3,(H,32,34)/t27-/m1/s1. The van der Waals surface area contributed by atoms with E-state index in [1.54, 1.807) is 56.3 Å². The minimum Gasteiger partial charge on any atom is -0.490 e. The maximum absolute atomic E-state index is 13.8. The highest BCUT2D eigenvalue weighted by Crippen LogP contribution is 2.36. The minimum absolute atomic E-state index is 0.165. The third-order valence-electron chi connectivity index (χ3n) is 5.99. The predicted molar refractivity (Wildman–Crippen MR) is 154 cm³/mol. The van der Waals surface area contributed by atoms with E-state index >= 15 is 0 Å². The molecule has 1 aliphatic heterocycles. The molecule has 0 aliphatic carbocycles. The van der Waals surface area contributed by atoms with Gasteiger partial charge in [-0.1, -0.05) is 42.2 Å². The monoisotopic (exact) mass is 561 g/mol. The van der Waals surface area contributed by atoms with Crippen molar-refractivity contribution in [3.63, 3.8) is 0 Å². The van der Waals surface area contributed by atoms with E-state index in [4.69, 9.17) is 14.2 Å². The molecule has 0 fully saturated rings. The van der Waals surface area contributed by atoms with E-state index in [1.807, 2.05) is 19.1 Å². The number of benzene rings is 2. The third kappa shape index (κ3) is 6.07. The number of aromatic nitrogens is 1. The van der Waals surface area contributed by atoms with Gasteiger partial charge >= 0.3 is 5.97 Å². The van der Waals surface area contributed by atoms with Crippen molar-refractivity contribution in [2.75, 3.05) is 25.1 Å². The number of nitrogens with zero attached hydrogens (tertiary/aromatic N) is 2. The fourth-order valence-electron chi connectivity index (χ4n) is 4.36. The number of ether oxygens (including phenoxy) is 3. The van der Waals surface area contributed by atoms with E-state index in [9.17, 15) is 14.4 Å². The average Bonchev–Trinajstić information content (AvgIpc) is 3.22. The number of carbonyl (C=O) groups excluding carboxylic acids is 2.